The monoisotopic (exact) mass is 354 g/mol. The Hall–Kier alpha value is -1.66. The van der Waals surface area contributed by atoms with Crippen LogP contribution >= 0.6 is 23.4 Å². The van der Waals surface area contributed by atoms with Crippen molar-refractivity contribution in [3.8, 4) is 5.75 Å². The number of hydrogen-bond donors (Lipinski definition) is 1. The maximum absolute atomic E-state index is 11.8. The van der Waals surface area contributed by atoms with E-state index in [1.54, 1.807) is 24.3 Å². The highest BCUT2D eigenvalue weighted by atomic mass is 35.5. The normalized spacial score (nSPS) is 10.6. The fourth-order valence-corrected chi connectivity index (χ4v) is 3.03. The van der Waals surface area contributed by atoms with Crippen LogP contribution in [0.2, 0.25) is 5.02 Å². The lowest BCUT2D eigenvalue weighted by atomic mass is 10.2. The zero-order chi connectivity index (χ0) is 16.7. The summed E-state index contributed by atoms with van der Waals surface area (Å²) in [5.41, 5.74) is 1.95. The van der Waals surface area contributed by atoms with Crippen molar-refractivity contribution in [2.24, 2.45) is 0 Å². The molecular weight excluding hydrogens is 336 g/mol. The van der Waals surface area contributed by atoms with E-state index < -0.39 is 0 Å². The van der Waals surface area contributed by atoms with E-state index in [-0.39, 0.29) is 5.91 Å². The number of carbonyl (C=O) groups is 1. The van der Waals surface area contributed by atoms with Gasteiger partial charge in [0.15, 0.2) is 0 Å². The number of aromatic nitrogens is 1. The third-order valence-electron chi connectivity index (χ3n) is 3.17. The molecule has 0 bridgehead atoms. The zero-order valence-electron chi connectivity index (χ0n) is 13.1. The number of amides is 1. The minimum Gasteiger partial charge on any atom is -0.492 e. The van der Waals surface area contributed by atoms with E-state index in [9.17, 15) is 4.79 Å². The molecule has 5 nitrogen and oxygen atoms in total. The first kappa shape index (κ1) is 17.7. The second-order valence-corrected chi connectivity index (χ2v) is 6.37. The molecule has 124 valence electrons. The van der Waals surface area contributed by atoms with Crippen LogP contribution in [0, 0.1) is 13.8 Å². The average Bonchev–Trinajstić information content (AvgIpc) is 2.85. The Kier molecular flexibility index (Phi) is 6.80. The van der Waals surface area contributed by atoms with Crippen molar-refractivity contribution >= 4 is 29.3 Å². The van der Waals surface area contributed by atoms with Gasteiger partial charge in [0.05, 0.1) is 18.0 Å². The van der Waals surface area contributed by atoms with E-state index in [0.29, 0.717) is 23.9 Å². The van der Waals surface area contributed by atoms with Gasteiger partial charge in [-0.15, -0.1) is 11.8 Å². The summed E-state index contributed by atoms with van der Waals surface area (Å²) in [6.07, 6.45) is 0. The fraction of sp³-hybridized carbons (Fsp3) is 0.375. The van der Waals surface area contributed by atoms with Gasteiger partial charge in [-0.2, -0.15) is 0 Å². The molecule has 0 aliphatic carbocycles. The third kappa shape index (κ3) is 5.80. The minimum absolute atomic E-state index is 0.0125. The number of nitrogens with zero attached hydrogens (tertiary/aromatic N) is 1. The smallest absolute Gasteiger partial charge is 0.230 e. The summed E-state index contributed by atoms with van der Waals surface area (Å²) >= 11 is 7.33. The van der Waals surface area contributed by atoms with Gasteiger partial charge in [-0.05, 0) is 38.1 Å². The van der Waals surface area contributed by atoms with Crippen LogP contribution in [0.25, 0.3) is 0 Å². The van der Waals surface area contributed by atoms with E-state index in [2.05, 4.69) is 10.5 Å². The summed E-state index contributed by atoms with van der Waals surface area (Å²) in [6.45, 7) is 4.67. The van der Waals surface area contributed by atoms with Gasteiger partial charge >= 0.3 is 0 Å². The van der Waals surface area contributed by atoms with Gasteiger partial charge in [0, 0.05) is 16.3 Å². The number of thioether (sulfide) groups is 1. The van der Waals surface area contributed by atoms with Gasteiger partial charge in [-0.25, -0.2) is 0 Å². The van der Waals surface area contributed by atoms with Crippen molar-refractivity contribution < 1.29 is 14.1 Å². The number of hydrogen-bond acceptors (Lipinski definition) is 5. The van der Waals surface area contributed by atoms with Crippen molar-refractivity contribution in [3.05, 3.63) is 46.3 Å². The van der Waals surface area contributed by atoms with Crippen molar-refractivity contribution in [2.75, 3.05) is 18.9 Å². The Labute approximate surface area is 144 Å². The van der Waals surface area contributed by atoms with Gasteiger partial charge in [0.1, 0.15) is 18.1 Å². The van der Waals surface area contributed by atoms with Gasteiger partial charge in [-0.3, -0.25) is 4.79 Å². The highest BCUT2D eigenvalue weighted by Gasteiger charge is 2.09. The largest absolute Gasteiger partial charge is 0.492 e. The lowest BCUT2D eigenvalue weighted by Gasteiger charge is -2.08. The van der Waals surface area contributed by atoms with Crippen LogP contribution < -0.4 is 10.1 Å². The summed E-state index contributed by atoms with van der Waals surface area (Å²) in [5, 5.41) is 7.39. The molecule has 0 aliphatic heterocycles. The Morgan fingerprint density at radius 3 is 2.74 bits per heavy atom. The second-order valence-electron chi connectivity index (χ2n) is 4.95. The molecule has 23 heavy (non-hydrogen) atoms. The number of carbonyl (C=O) groups excluding carboxylic acids is 1. The Morgan fingerprint density at radius 1 is 1.35 bits per heavy atom. The molecule has 0 atom stereocenters. The molecule has 0 unspecified atom stereocenters. The molecule has 0 fully saturated rings. The molecule has 0 spiro atoms. The quantitative estimate of drug-likeness (QED) is 0.736. The van der Waals surface area contributed by atoms with Gasteiger partial charge in [0.25, 0.3) is 0 Å². The first-order chi connectivity index (χ1) is 11.1. The Balaban J connectivity index is 1.59. The van der Waals surface area contributed by atoms with Crippen LogP contribution in [-0.2, 0) is 10.5 Å². The molecule has 0 saturated heterocycles. The van der Waals surface area contributed by atoms with Crippen LogP contribution in [0.3, 0.4) is 0 Å². The minimum atomic E-state index is -0.0125. The number of ether oxygens (including phenoxy) is 1. The van der Waals surface area contributed by atoms with Crippen LogP contribution in [0.5, 0.6) is 5.75 Å². The van der Waals surface area contributed by atoms with Gasteiger partial charge in [-0.1, -0.05) is 16.8 Å². The van der Waals surface area contributed by atoms with Crippen molar-refractivity contribution in [1.29, 1.82) is 0 Å². The predicted molar refractivity (Wildman–Crippen MR) is 92.1 cm³/mol. The molecule has 2 aromatic rings. The van der Waals surface area contributed by atoms with Crippen LogP contribution in [0.4, 0.5) is 0 Å². The number of nitrogens with one attached hydrogen (secondary N) is 1. The molecule has 1 aromatic heterocycles. The summed E-state index contributed by atoms with van der Waals surface area (Å²) < 4.78 is 10.6. The molecule has 7 heteroatoms. The zero-order valence-corrected chi connectivity index (χ0v) is 14.7. The maximum atomic E-state index is 11.8. The highest BCUT2D eigenvalue weighted by molar-refractivity contribution is 7.99. The van der Waals surface area contributed by atoms with Crippen LogP contribution in [-0.4, -0.2) is 30.0 Å². The van der Waals surface area contributed by atoms with Gasteiger partial charge in [0.2, 0.25) is 5.91 Å². The summed E-state index contributed by atoms with van der Waals surface area (Å²) in [6, 6.07) is 7.12. The molecule has 1 N–H and O–H groups in total. The molecule has 2 rings (SSSR count). The van der Waals surface area contributed by atoms with Crippen LogP contribution in [0.1, 0.15) is 17.0 Å². The average molecular weight is 355 g/mol. The first-order valence-electron chi connectivity index (χ1n) is 7.21. The van der Waals surface area contributed by atoms with Crippen LogP contribution in [0.15, 0.2) is 28.8 Å². The summed E-state index contributed by atoms with van der Waals surface area (Å²) in [5.74, 6) is 2.64. The lowest BCUT2D eigenvalue weighted by Crippen LogP contribution is -2.29. The third-order valence-corrected chi connectivity index (χ3v) is 4.38. The van der Waals surface area contributed by atoms with Crippen molar-refractivity contribution in [2.45, 2.75) is 19.6 Å². The van der Waals surface area contributed by atoms with E-state index in [1.807, 2.05) is 13.8 Å². The topological polar surface area (TPSA) is 64.4 Å². The molecule has 0 saturated carbocycles. The molecule has 1 heterocycles. The molecule has 1 amide bonds. The number of aryl methyl sites for hydroxylation is 2. The number of rotatable bonds is 8. The Morgan fingerprint density at radius 2 is 2.09 bits per heavy atom. The van der Waals surface area contributed by atoms with Crippen molar-refractivity contribution in [3.63, 3.8) is 0 Å². The van der Waals surface area contributed by atoms with E-state index >= 15 is 0 Å². The standard InChI is InChI=1S/C16H19ClN2O3S/c1-11-15(12(2)22-19-11)9-23-10-16(20)18-7-8-21-14-5-3-13(17)4-6-14/h3-6H,7-10H2,1-2H3,(H,18,20). The summed E-state index contributed by atoms with van der Waals surface area (Å²) in [7, 11) is 0. The second kappa shape index (κ2) is 8.84. The van der Waals surface area contributed by atoms with Crippen molar-refractivity contribution in [1.82, 2.24) is 10.5 Å². The van der Waals surface area contributed by atoms with Gasteiger partial charge < -0.3 is 14.6 Å². The van der Waals surface area contributed by atoms with E-state index in [1.165, 1.54) is 11.8 Å². The molecule has 0 aliphatic rings. The first-order valence-corrected chi connectivity index (χ1v) is 8.74. The Bertz CT molecular complexity index is 624. The predicted octanol–water partition coefficient (Wildman–Crippen LogP) is 3.37. The van der Waals surface area contributed by atoms with E-state index in [0.717, 1.165) is 28.5 Å². The molecular formula is C16H19ClN2O3S. The molecule has 0 radical (unpaired) electrons. The lowest BCUT2D eigenvalue weighted by molar-refractivity contribution is -0.118. The van der Waals surface area contributed by atoms with E-state index in [4.69, 9.17) is 20.9 Å². The SMILES string of the molecule is Cc1noc(C)c1CSCC(=O)NCCOc1ccc(Cl)cc1. The number of benzene rings is 1. The summed E-state index contributed by atoms with van der Waals surface area (Å²) in [4.78, 5) is 11.8. The highest BCUT2D eigenvalue weighted by Crippen LogP contribution is 2.19. The molecule has 1 aromatic carbocycles. The maximum Gasteiger partial charge on any atom is 0.230 e. The fourth-order valence-electron chi connectivity index (χ4n) is 1.89. The number of halogens is 1.